The summed E-state index contributed by atoms with van der Waals surface area (Å²) in [6.45, 7) is 0. The van der Waals surface area contributed by atoms with Gasteiger partial charge in [-0.1, -0.05) is 11.6 Å². The van der Waals surface area contributed by atoms with Crippen LogP contribution in [0.25, 0.3) is 0 Å². The first-order valence-electron chi connectivity index (χ1n) is 3.58. The number of aliphatic carboxylic acids is 1. The van der Waals surface area contributed by atoms with Crippen LogP contribution in [0.3, 0.4) is 0 Å². The van der Waals surface area contributed by atoms with Crippen LogP contribution < -0.4 is 5.73 Å². The summed E-state index contributed by atoms with van der Waals surface area (Å²) in [5.74, 6) is -0.794. The van der Waals surface area contributed by atoms with Gasteiger partial charge in [0, 0.05) is 18.2 Å². The van der Waals surface area contributed by atoms with Crippen LogP contribution >= 0.6 is 11.6 Å². The third-order valence-electron chi connectivity index (χ3n) is 1.44. The first-order chi connectivity index (χ1) is 6.09. The minimum absolute atomic E-state index is 0.00694. The maximum absolute atomic E-state index is 10.2. The van der Waals surface area contributed by atoms with E-state index in [1.165, 1.54) is 6.20 Å². The topological polar surface area (TPSA) is 89.1 Å². The van der Waals surface area contributed by atoms with E-state index in [0.29, 0.717) is 12.0 Å². The van der Waals surface area contributed by atoms with Crippen molar-refractivity contribution >= 4 is 23.5 Å². The first kappa shape index (κ1) is 9.73. The highest BCUT2D eigenvalue weighted by molar-refractivity contribution is 6.30. The Hall–Kier alpha value is -1.36. The highest BCUT2D eigenvalue weighted by atomic mass is 35.5. The standard InChI is InChI=1S/C7H8ClN3O2/c8-6-4(1-2-5(12)13)3-10-7(9)11-6/h3H,1-2H2,(H,12,13)(H2,9,10,11). The van der Waals surface area contributed by atoms with Gasteiger partial charge in [-0.2, -0.15) is 0 Å². The molecule has 0 unspecified atom stereocenters. The number of aryl methyl sites for hydroxylation is 1. The van der Waals surface area contributed by atoms with Gasteiger partial charge in [0.1, 0.15) is 5.15 Å². The molecule has 70 valence electrons. The van der Waals surface area contributed by atoms with E-state index in [1.54, 1.807) is 0 Å². The number of rotatable bonds is 3. The van der Waals surface area contributed by atoms with Gasteiger partial charge in [0.15, 0.2) is 0 Å². The number of hydrogen-bond acceptors (Lipinski definition) is 4. The molecule has 0 aliphatic carbocycles. The molecule has 0 saturated carbocycles. The van der Waals surface area contributed by atoms with Gasteiger partial charge in [-0.3, -0.25) is 4.79 Å². The van der Waals surface area contributed by atoms with Crippen LogP contribution in [0.1, 0.15) is 12.0 Å². The summed E-state index contributed by atoms with van der Waals surface area (Å²) < 4.78 is 0. The van der Waals surface area contributed by atoms with Gasteiger partial charge in [0.05, 0.1) is 0 Å². The molecule has 0 fully saturated rings. The van der Waals surface area contributed by atoms with Crippen molar-refractivity contribution in [3.8, 4) is 0 Å². The van der Waals surface area contributed by atoms with Gasteiger partial charge >= 0.3 is 5.97 Å². The lowest BCUT2D eigenvalue weighted by Crippen LogP contribution is -2.01. The average molecular weight is 202 g/mol. The zero-order valence-corrected chi connectivity index (χ0v) is 7.45. The molecule has 0 aliphatic heterocycles. The Bertz CT molecular complexity index is 330. The number of aromatic nitrogens is 2. The molecule has 0 aliphatic rings. The van der Waals surface area contributed by atoms with Crippen molar-refractivity contribution in [2.45, 2.75) is 12.8 Å². The number of nitrogens with zero attached hydrogens (tertiary/aromatic N) is 2. The quantitative estimate of drug-likeness (QED) is 0.704. The van der Waals surface area contributed by atoms with E-state index in [0.717, 1.165) is 0 Å². The molecule has 3 N–H and O–H groups in total. The second-order valence-corrected chi connectivity index (χ2v) is 2.80. The highest BCUT2D eigenvalue weighted by Gasteiger charge is 2.05. The molecule has 0 radical (unpaired) electrons. The Morgan fingerprint density at radius 2 is 2.38 bits per heavy atom. The molecule has 6 heteroatoms. The number of anilines is 1. The van der Waals surface area contributed by atoms with Crippen molar-refractivity contribution in [3.05, 3.63) is 16.9 Å². The van der Waals surface area contributed by atoms with Crippen LogP contribution in [0.15, 0.2) is 6.20 Å². The minimum atomic E-state index is -0.882. The number of nitrogen functional groups attached to an aromatic ring is 1. The van der Waals surface area contributed by atoms with Gasteiger partial charge in [-0.05, 0) is 6.42 Å². The molecule has 0 saturated heterocycles. The normalized spacial score (nSPS) is 9.92. The number of nitrogens with two attached hydrogens (primary N) is 1. The van der Waals surface area contributed by atoms with Crippen LogP contribution in [0, 0.1) is 0 Å². The maximum atomic E-state index is 10.2. The van der Waals surface area contributed by atoms with Crippen LogP contribution in [-0.4, -0.2) is 21.0 Å². The van der Waals surface area contributed by atoms with Crippen molar-refractivity contribution in [2.24, 2.45) is 0 Å². The smallest absolute Gasteiger partial charge is 0.303 e. The SMILES string of the molecule is Nc1ncc(CCC(=O)O)c(Cl)n1. The molecule has 0 amide bonds. The molecule has 0 aromatic carbocycles. The Kier molecular flexibility index (Phi) is 3.02. The van der Waals surface area contributed by atoms with Crippen LogP contribution in [0.4, 0.5) is 5.95 Å². The maximum Gasteiger partial charge on any atom is 0.303 e. The predicted molar refractivity (Wildman–Crippen MR) is 47.4 cm³/mol. The molecule has 5 nitrogen and oxygen atoms in total. The van der Waals surface area contributed by atoms with Gasteiger partial charge in [-0.25, -0.2) is 9.97 Å². The number of halogens is 1. The first-order valence-corrected chi connectivity index (χ1v) is 3.96. The summed E-state index contributed by atoms with van der Waals surface area (Å²) in [5, 5.41) is 8.63. The zero-order valence-electron chi connectivity index (χ0n) is 6.70. The van der Waals surface area contributed by atoms with E-state index in [-0.39, 0.29) is 17.5 Å². The summed E-state index contributed by atoms with van der Waals surface area (Å²) >= 11 is 5.69. The van der Waals surface area contributed by atoms with E-state index in [9.17, 15) is 4.79 Å². The predicted octanol–water partition coefficient (Wildman–Crippen LogP) is 0.729. The molecular weight excluding hydrogens is 194 g/mol. The molecule has 1 aromatic heterocycles. The Morgan fingerprint density at radius 1 is 1.69 bits per heavy atom. The fourth-order valence-electron chi connectivity index (χ4n) is 0.808. The molecule has 13 heavy (non-hydrogen) atoms. The lowest BCUT2D eigenvalue weighted by Gasteiger charge is -2.00. The van der Waals surface area contributed by atoms with Gasteiger partial charge in [0.25, 0.3) is 0 Å². The van der Waals surface area contributed by atoms with Crippen LogP contribution in [-0.2, 0) is 11.2 Å². The highest BCUT2D eigenvalue weighted by Crippen LogP contribution is 2.14. The summed E-state index contributed by atoms with van der Waals surface area (Å²) in [7, 11) is 0. The zero-order chi connectivity index (χ0) is 9.84. The van der Waals surface area contributed by atoms with Gasteiger partial charge in [0.2, 0.25) is 5.95 Å². The van der Waals surface area contributed by atoms with Crippen molar-refractivity contribution in [3.63, 3.8) is 0 Å². The van der Waals surface area contributed by atoms with E-state index < -0.39 is 5.97 Å². The lowest BCUT2D eigenvalue weighted by atomic mass is 10.2. The summed E-state index contributed by atoms with van der Waals surface area (Å²) in [5.41, 5.74) is 5.86. The summed E-state index contributed by atoms with van der Waals surface area (Å²) in [6.07, 6.45) is 1.76. The third-order valence-corrected chi connectivity index (χ3v) is 1.77. The van der Waals surface area contributed by atoms with E-state index >= 15 is 0 Å². The molecule has 1 aromatic rings. The Morgan fingerprint density at radius 3 is 2.92 bits per heavy atom. The van der Waals surface area contributed by atoms with Crippen molar-refractivity contribution in [1.29, 1.82) is 0 Å². The Labute approximate surface area is 79.6 Å². The summed E-state index contributed by atoms with van der Waals surface area (Å²) in [6, 6.07) is 0. The average Bonchev–Trinajstić information content (AvgIpc) is 2.02. The largest absolute Gasteiger partial charge is 0.481 e. The number of hydrogen-bond donors (Lipinski definition) is 2. The second kappa shape index (κ2) is 4.04. The molecule has 0 atom stereocenters. The summed E-state index contributed by atoms with van der Waals surface area (Å²) in [4.78, 5) is 17.6. The molecule has 1 heterocycles. The van der Waals surface area contributed by atoms with Crippen LogP contribution in [0.2, 0.25) is 5.15 Å². The molecule has 0 bridgehead atoms. The minimum Gasteiger partial charge on any atom is -0.481 e. The van der Waals surface area contributed by atoms with Gasteiger partial charge < -0.3 is 10.8 Å². The molecular formula is C7H8ClN3O2. The number of carbonyl (C=O) groups is 1. The monoisotopic (exact) mass is 201 g/mol. The second-order valence-electron chi connectivity index (χ2n) is 2.44. The third kappa shape index (κ3) is 2.87. The number of carboxylic acid groups (broad SMARTS) is 1. The fourth-order valence-corrected chi connectivity index (χ4v) is 1.04. The molecule has 1 rings (SSSR count). The van der Waals surface area contributed by atoms with Crippen molar-refractivity contribution in [1.82, 2.24) is 9.97 Å². The Balaban J connectivity index is 2.72. The van der Waals surface area contributed by atoms with E-state index in [2.05, 4.69) is 9.97 Å². The fraction of sp³-hybridized carbons (Fsp3) is 0.286. The van der Waals surface area contributed by atoms with Gasteiger partial charge in [-0.15, -0.1) is 0 Å². The van der Waals surface area contributed by atoms with E-state index in [4.69, 9.17) is 22.4 Å². The van der Waals surface area contributed by atoms with E-state index in [1.807, 2.05) is 0 Å². The number of carboxylic acids is 1. The van der Waals surface area contributed by atoms with Crippen molar-refractivity contribution < 1.29 is 9.90 Å². The molecule has 0 spiro atoms. The van der Waals surface area contributed by atoms with Crippen molar-refractivity contribution in [2.75, 3.05) is 5.73 Å². The lowest BCUT2D eigenvalue weighted by molar-refractivity contribution is -0.136. The van der Waals surface area contributed by atoms with Crippen LogP contribution in [0.5, 0.6) is 0 Å².